The van der Waals surface area contributed by atoms with Crippen LogP contribution in [0.5, 0.6) is 0 Å². The first-order valence-corrected chi connectivity index (χ1v) is 4.58. The van der Waals surface area contributed by atoms with Gasteiger partial charge in [-0.1, -0.05) is 0 Å². The quantitative estimate of drug-likeness (QED) is 0.733. The summed E-state index contributed by atoms with van der Waals surface area (Å²) in [5.41, 5.74) is 1.16. The topological polar surface area (TPSA) is 42.0 Å². The van der Waals surface area contributed by atoms with Crippen LogP contribution in [0, 0.1) is 0 Å². The Bertz CT molecular complexity index is 264. The second-order valence-electron chi connectivity index (χ2n) is 2.59. The van der Waals surface area contributed by atoms with Gasteiger partial charge in [-0.3, -0.25) is 9.78 Å². The Morgan fingerprint density at radius 3 is 2.77 bits per heavy atom. The second-order valence-corrected chi connectivity index (χ2v) is 2.86. The Balaban J connectivity index is 2.24. The van der Waals surface area contributed by atoms with Crippen LogP contribution in [0.4, 0.5) is 0 Å². The van der Waals surface area contributed by atoms with Gasteiger partial charge in [0.25, 0.3) is 0 Å². The first kappa shape index (κ1) is 9.99. The van der Waals surface area contributed by atoms with E-state index >= 15 is 0 Å². The van der Waals surface area contributed by atoms with Crippen molar-refractivity contribution in [1.82, 2.24) is 10.3 Å². The van der Waals surface area contributed by atoms with Crippen molar-refractivity contribution in [3.63, 3.8) is 0 Å². The number of halogens is 1. The molecule has 0 aliphatic rings. The minimum absolute atomic E-state index is 0.0242. The van der Waals surface area contributed by atoms with E-state index in [2.05, 4.69) is 10.3 Å². The molecular formula is C9H11ClN2O. The van der Waals surface area contributed by atoms with Crippen LogP contribution in [0.3, 0.4) is 0 Å². The zero-order valence-corrected chi connectivity index (χ0v) is 7.92. The van der Waals surface area contributed by atoms with Crippen LogP contribution in [0.1, 0.15) is 5.56 Å². The monoisotopic (exact) mass is 198 g/mol. The van der Waals surface area contributed by atoms with Gasteiger partial charge in [0.15, 0.2) is 0 Å². The third-order valence-corrected chi connectivity index (χ3v) is 1.85. The van der Waals surface area contributed by atoms with Gasteiger partial charge in [-0.05, 0) is 24.1 Å². The third-order valence-electron chi connectivity index (χ3n) is 1.61. The molecule has 0 saturated carbocycles. The van der Waals surface area contributed by atoms with E-state index in [1.807, 2.05) is 12.1 Å². The Morgan fingerprint density at radius 2 is 2.15 bits per heavy atom. The summed E-state index contributed by atoms with van der Waals surface area (Å²) in [7, 11) is 0. The van der Waals surface area contributed by atoms with E-state index in [1.54, 1.807) is 12.4 Å². The van der Waals surface area contributed by atoms with E-state index < -0.39 is 0 Å². The molecule has 0 aliphatic carbocycles. The predicted octanol–water partition coefficient (Wildman–Crippen LogP) is 0.979. The van der Waals surface area contributed by atoms with Crippen LogP contribution in [0.15, 0.2) is 24.5 Å². The predicted molar refractivity (Wildman–Crippen MR) is 51.7 cm³/mol. The largest absolute Gasteiger partial charge is 0.355 e. The van der Waals surface area contributed by atoms with Gasteiger partial charge in [0, 0.05) is 18.9 Å². The highest BCUT2D eigenvalue weighted by Gasteiger charge is 1.96. The number of alkyl halides is 1. The van der Waals surface area contributed by atoms with Gasteiger partial charge in [0.1, 0.15) is 5.88 Å². The molecule has 0 atom stereocenters. The average Bonchev–Trinajstić information content (AvgIpc) is 2.19. The zero-order chi connectivity index (χ0) is 9.52. The van der Waals surface area contributed by atoms with Crippen molar-refractivity contribution in [2.45, 2.75) is 6.42 Å². The maximum atomic E-state index is 10.7. The van der Waals surface area contributed by atoms with Crippen molar-refractivity contribution < 1.29 is 4.79 Å². The molecule has 4 heteroatoms. The number of amides is 1. The van der Waals surface area contributed by atoms with Crippen molar-refractivity contribution in [3.8, 4) is 0 Å². The molecule has 0 aromatic carbocycles. The van der Waals surface area contributed by atoms with Gasteiger partial charge in [-0.15, -0.1) is 11.6 Å². The fourth-order valence-electron chi connectivity index (χ4n) is 0.943. The van der Waals surface area contributed by atoms with Crippen molar-refractivity contribution in [2.24, 2.45) is 0 Å². The lowest BCUT2D eigenvalue weighted by Crippen LogP contribution is -2.26. The van der Waals surface area contributed by atoms with E-state index in [0.29, 0.717) is 6.54 Å². The molecule has 13 heavy (non-hydrogen) atoms. The first-order valence-electron chi connectivity index (χ1n) is 4.04. The third kappa shape index (κ3) is 3.90. The second kappa shape index (κ2) is 5.54. The number of hydrogen-bond donors (Lipinski definition) is 1. The highest BCUT2D eigenvalue weighted by atomic mass is 35.5. The van der Waals surface area contributed by atoms with Crippen molar-refractivity contribution in [3.05, 3.63) is 30.1 Å². The number of rotatable bonds is 4. The van der Waals surface area contributed by atoms with Crippen molar-refractivity contribution >= 4 is 17.5 Å². The average molecular weight is 199 g/mol. The molecule has 70 valence electrons. The molecule has 1 heterocycles. The summed E-state index contributed by atoms with van der Waals surface area (Å²) >= 11 is 5.31. The summed E-state index contributed by atoms with van der Waals surface area (Å²) in [4.78, 5) is 14.6. The van der Waals surface area contributed by atoms with Crippen LogP contribution in [0.2, 0.25) is 0 Å². The smallest absolute Gasteiger partial charge is 0.234 e. The standard InChI is InChI=1S/C9H11ClN2O/c10-7-9(13)12-6-3-8-1-4-11-5-2-8/h1-2,4-5H,3,6-7H2,(H,12,13). The number of carbonyl (C=O) groups excluding carboxylic acids is 1. The van der Waals surface area contributed by atoms with Gasteiger partial charge in [-0.2, -0.15) is 0 Å². The van der Waals surface area contributed by atoms with Gasteiger partial charge in [-0.25, -0.2) is 0 Å². The molecule has 0 bridgehead atoms. The molecule has 1 aromatic rings. The number of hydrogen-bond acceptors (Lipinski definition) is 2. The van der Waals surface area contributed by atoms with Crippen LogP contribution in [-0.4, -0.2) is 23.3 Å². The molecule has 3 nitrogen and oxygen atoms in total. The molecule has 1 rings (SSSR count). The molecule has 0 saturated heterocycles. The molecule has 0 unspecified atom stereocenters. The van der Waals surface area contributed by atoms with E-state index in [0.717, 1.165) is 12.0 Å². The lowest BCUT2D eigenvalue weighted by molar-refractivity contribution is -0.118. The van der Waals surface area contributed by atoms with Crippen molar-refractivity contribution in [2.75, 3.05) is 12.4 Å². The summed E-state index contributed by atoms with van der Waals surface area (Å²) in [6.45, 7) is 0.621. The lowest BCUT2D eigenvalue weighted by atomic mass is 10.2. The number of nitrogens with zero attached hydrogens (tertiary/aromatic N) is 1. The molecule has 0 radical (unpaired) electrons. The van der Waals surface area contributed by atoms with Crippen molar-refractivity contribution in [1.29, 1.82) is 0 Å². The van der Waals surface area contributed by atoms with Crippen LogP contribution < -0.4 is 5.32 Å². The fourth-order valence-corrected chi connectivity index (χ4v) is 1.04. The Hall–Kier alpha value is -1.09. The van der Waals surface area contributed by atoms with Gasteiger partial charge >= 0.3 is 0 Å². The van der Waals surface area contributed by atoms with E-state index in [4.69, 9.17) is 11.6 Å². The normalized spacial score (nSPS) is 9.62. The van der Waals surface area contributed by atoms with E-state index in [-0.39, 0.29) is 11.8 Å². The minimum atomic E-state index is -0.129. The maximum Gasteiger partial charge on any atom is 0.234 e. The van der Waals surface area contributed by atoms with Gasteiger partial charge < -0.3 is 5.32 Å². The molecule has 1 amide bonds. The molecule has 1 aromatic heterocycles. The van der Waals surface area contributed by atoms with Crippen LogP contribution in [0.25, 0.3) is 0 Å². The molecular weight excluding hydrogens is 188 g/mol. The Kier molecular flexibility index (Phi) is 4.26. The Morgan fingerprint density at radius 1 is 1.46 bits per heavy atom. The molecule has 0 aliphatic heterocycles. The van der Waals surface area contributed by atoms with Gasteiger partial charge in [0.2, 0.25) is 5.91 Å². The Labute approximate surface area is 82.1 Å². The number of aromatic nitrogens is 1. The maximum absolute atomic E-state index is 10.7. The minimum Gasteiger partial charge on any atom is -0.355 e. The van der Waals surface area contributed by atoms with Crippen LogP contribution >= 0.6 is 11.6 Å². The van der Waals surface area contributed by atoms with E-state index in [9.17, 15) is 4.79 Å². The lowest BCUT2D eigenvalue weighted by Gasteiger charge is -2.02. The summed E-state index contributed by atoms with van der Waals surface area (Å²) < 4.78 is 0. The summed E-state index contributed by atoms with van der Waals surface area (Å²) in [5.74, 6) is -0.105. The molecule has 1 N–H and O–H groups in total. The SMILES string of the molecule is O=C(CCl)NCCc1ccncc1. The zero-order valence-electron chi connectivity index (χ0n) is 7.16. The number of pyridine rings is 1. The highest BCUT2D eigenvalue weighted by molar-refractivity contribution is 6.27. The molecule has 0 fully saturated rings. The van der Waals surface area contributed by atoms with Gasteiger partial charge in [0.05, 0.1) is 0 Å². The number of carbonyl (C=O) groups is 1. The summed E-state index contributed by atoms with van der Waals surface area (Å²) in [5, 5.41) is 2.69. The first-order chi connectivity index (χ1) is 6.33. The summed E-state index contributed by atoms with van der Waals surface area (Å²) in [6, 6.07) is 3.85. The molecule has 0 spiro atoms. The highest BCUT2D eigenvalue weighted by Crippen LogP contribution is 1.95. The summed E-state index contributed by atoms with van der Waals surface area (Å²) in [6.07, 6.45) is 4.28. The van der Waals surface area contributed by atoms with E-state index in [1.165, 1.54) is 0 Å². The number of nitrogens with one attached hydrogen (secondary N) is 1. The fraction of sp³-hybridized carbons (Fsp3) is 0.333. The van der Waals surface area contributed by atoms with Crippen LogP contribution in [-0.2, 0) is 11.2 Å².